The fourth-order valence-electron chi connectivity index (χ4n) is 2.00. The van der Waals surface area contributed by atoms with Crippen LogP contribution < -0.4 is 5.32 Å². The van der Waals surface area contributed by atoms with Gasteiger partial charge >= 0.3 is 0 Å². The minimum atomic E-state index is -0.444. The molecule has 19 heavy (non-hydrogen) atoms. The molecule has 0 saturated carbocycles. The summed E-state index contributed by atoms with van der Waals surface area (Å²) in [5.74, 6) is -0.855. The first-order chi connectivity index (χ1) is 9.01. The summed E-state index contributed by atoms with van der Waals surface area (Å²) in [6, 6.07) is 2.38. The number of anilines is 1. The van der Waals surface area contributed by atoms with E-state index in [0.29, 0.717) is 12.1 Å². The van der Waals surface area contributed by atoms with Crippen molar-refractivity contribution in [2.75, 3.05) is 5.32 Å². The van der Waals surface area contributed by atoms with Crippen LogP contribution in [0.1, 0.15) is 23.7 Å². The Balaban J connectivity index is 2.16. The molecule has 0 spiro atoms. The van der Waals surface area contributed by atoms with E-state index in [4.69, 9.17) is 0 Å². The predicted molar refractivity (Wildman–Crippen MR) is 71.0 cm³/mol. The first-order valence-corrected chi connectivity index (χ1v) is 6.22. The van der Waals surface area contributed by atoms with Gasteiger partial charge in [-0.2, -0.15) is 5.10 Å². The van der Waals surface area contributed by atoms with Crippen molar-refractivity contribution < 1.29 is 8.78 Å². The quantitative estimate of drug-likeness (QED) is 0.920. The monoisotopic (exact) mass is 265 g/mol. The van der Waals surface area contributed by atoms with Crippen molar-refractivity contribution in [1.29, 1.82) is 0 Å². The van der Waals surface area contributed by atoms with Crippen LogP contribution in [0, 0.1) is 18.6 Å². The van der Waals surface area contributed by atoms with Gasteiger partial charge in [-0.1, -0.05) is 6.92 Å². The standard InChI is InChI=1S/C14H17F2N3/c1-4-13-10(8-19(3)18-13)7-17-14-6-11(15)9(2)5-12(14)16/h5-6,8,17H,4,7H2,1-3H3. The molecular formula is C14H17F2N3. The van der Waals surface area contributed by atoms with E-state index < -0.39 is 11.6 Å². The highest BCUT2D eigenvalue weighted by atomic mass is 19.1. The summed E-state index contributed by atoms with van der Waals surface area (Å²) in [4.78, 5) is 0. The van der Waals surface area contributed by atoms with Gasteiger partial charge in [0, 0.05) is 31.4 Å². The van der Waals surface area contributed by atoms with Crippen LogP contribution in [0.2, 0.25) is 0 Å². The molecule has 0 aliphatic rings. The van der Waals surface area contributed by atoms with E-state index in [2.05, 4.69) is 10.4 Å². The molecule has 0 unspecified atom stereocenters. The van der Waals surface area contributed by atoms with Crippen molar-refractivity contribution in [2.45, 2.75) is 26.8 Å². The minimum Gasteiger partial charge on any atom is -0.378 e. The van der Waals surface area contributed by atoms with Crippen molar-refractivity contribution in [3.63, 3.8) is 0 Å². The summed E-state index contributed by atoms with van der Waals surface area (Å²) in [6.07, 6.45) is 2.69. The molecule has 1 N–H and O–H groups in total. The summed E-state index contributed by atoms with van der Waals surface area (Å²) in [5, 5.41) is 7.22. The largest absolute Gasteiger partial charge is 0.378 e. The summed E-state index contributed by atoms with van der Waals surface area (Å²) in [6.45, 7) is 3.98. The van der Waals surface area contributed by atoms with E-state index in [-0.39, 0.29) is 5.69 Å². The van der Waals surface area contributed by atoms with Crippen LogP contribution in [0.15, 0.2) is 18.3 Å². The average molecular weight is 265 g/mol. The van der Waals surface area contributed by atoms with E-state index >= 15 is 0 Å². The lowest BCUT2D eigenvalue weighted by molar-refractivity contribution is 0.594. The van der Waals surface area contributed by atoms with Gasteiger partial charge in [-0.05, 0) is 25.0 Å². The molecule has 0 amide bonds. The zero-order valence-electron chi connectivity index (χ0n) is 11.3. The molecule has 0 aliphatic heterocycles. The summed E-state index contributed by atoms with van der Waals surface area (Å²) in [7, 11) is 1.84. The Labute approximate surface area is 111 Å². The second kappa shape index (κ2) is 5.38. The third-order valence-electron chi connectivity index (χ3n) is 3.04. The van der Waals surface area contributed by atoms with Gasteiger partial charge in [-0.3, -0.25) is 4.68 Å². The lowest BCUT2D eigenvalue weighted by Gasteiger charge is -2.08. The summed E-state index contributed by atoms with van der Waals surface area (Å²) < 4.78 is 28.8. The maximum Gasteiger partial charge on any atom is 0.146 e. The van der Waals surface area contributed by atoms with Gasteiger partial charge in [0.05, 0.1) is 11.4 Å². The molecule has 0 atom stereocenters. The van der Waals surface area contributed by atoms with E-state index in [0.717, 1.165) is 17.7 Å². The van der Waals surface area contributed by atoms with Crippen molar-refractivity contribution in [3.05, 3.63) is 46.8 Å². The molecule has 0 fully saturated rings. The molecule has 2 rings (SSSR count). The number of hydrogen-bond acceptors (Lipinski definition) is 2. The van der Waals surface area contributed by atoms with Gasteiger partial charge in [-0.15, -0.1) is 0 Å². The first kappa shape index (κ1) is 13.5. The highest BCUT2D eigenvalue weighted by Crippen LogP contribution is 2.20. The minimum absolute atomic E-state index is 0.175. The maximum absolute atomic E-state index is 13.7. The van der Waals surface area contributed by atoms with Gasteiger partial charge in [-0.25, -0.2) is 8.78 Å². The van der Waals surface area contributed by atoms with Crippen LogP contribution in [-0.4, -0.2) is 9.78 Å². The van der Waals surface area contributed by atoms with E-state index in [9.17, 15) is 8.78 Å². The van der Waals surface area contributed by atoms with Crippen LogP contribution in [-0.2, 0) is 20.0 Å². The fraction of sp³-hybridized carbons (Fsp3) is 0.357. The number of benzene rings is 1. The van der Waals surface area contributed by atoms with Gasteiger partial charge in [0.15, 0.2) is 0 Å². The number of nitrogens with one attached hydrogen (secondary N) is 1. The smallest absolute Gasteiger partial charge is 0.146 e. The SMILES string of the molecule is CCc1nn(C)cc1CNc1cc(F)c(C)cc1F. The highest BCUT2D eigenvalue weighted by Gasteiger charge is 2.09. The molecule has 0 saturated heterocycles. The van der Waals surface area contributed by atoms with Crippen molar-refractivity contribution in [1.82, 2.24) is 9.78 Å². The van der Waals surface area contributed by atoms with E-state index in [1.807, 2.05) is 20.2 Å². The van der Waals surface area contributed by atoms with Gasteiger partial charge in [0.25, 0.3) is 0 Å². The Hall–Kier alpha value is -1.91. The normalized spacial score (nSPS) is 10.8. The number of aryl methyl sites for hydroxylation is 3. The molecule has 5 heteroatoms. The number of hydrogen-bond donors (Lipinski definition) is 1. The van der Waals surface area contributed by atoms with E-state index in [1.165, 1.54) is 12.1 Å². The van der Waals surface area contributed by atoms with Crippen molar-refractivity contribution in [2.24, 2.45) is 7.05 Å². The Morgan fingerprint density at radius 3 is 2.68 bits per heavy atom. The second-order valence-electron chi connectivity index (χ2n) is 4.56. The van der Waals surface area contributed by atoms with Gasteiger partial charge < -0.3 is 5.32 Å². The fourth-order valence-corrected chi connectivity index (χ4v) is 2.00. The lowest BCUT2D eigenvalue weighted by atomic mass is 10.2. The van der Waals surface area contributed by atoms with Crippen molar-refractivity contribution in [3.8, 4) is 0 Å². The predicted octanol–water partition coefficient (Wildman–Crippen LogP) is 3.18. The molecule has 3 nitrogen and oxygen atoms in total. The molecule has 102 valence electrons. The topological polar surface area (TPSA) is 29.9 Å². The van der Waals surface area contributed by atoms with Gasteiger partial charge in [0.2, 0.25) is 0 Å². The maximum atomic E-state index is 13.7. The lowest BCUT2D eigenvalue weighted by Crippen LogP contribution is -2.04. The zero-order valence-corrected chi connectivity index (χ0v) is 11.3. The van der Waals surface area contributed by atoms with Crippen molar-refractivity contribution >= 4 is 5.69 Å². The number of aromatic nitrogens is 2. The zero-order chi connectivity index (χ0) is 14.0. The summed E-state index contributed by atoms with van der Waals surface area (Å²) in [5.41, 5.74) is 2.43. The van der Waals surface area contributed by atoms with Gasteiger partial charge in [0.1, 0.15) is 11.6 Å². The first-order valence-electron chi connectivity index (χ1n) is 6.22. The molecule has 0 aliphatic carbocycles. The van der Waals surface area contributed by atoms with Crippen LogP contribution in [0.5, 0.6) is 0 Å². The van der Waals surface area contributed by atoms with Crippen LogP contribution in [0.4, 0.5) is 14.5 Å². The number of halogens is 2. The Kier molecular flexibility index (Phi) is 3.83. The van der Waals surface area contributed by atoms with Crippen LogP contribution in [0.3, 0.4) is 0 Å². The number of nitrogens with zero attached hydrogens (tertiary/aromatic N) is 2. The van der Waals surface area contributed by atoms with E-state index in [1.54, 1.807) is 11.6 Å². The molecule has 0 radical (unpaired) electrons. The Morgan fingerprint density at radius 1 is 1.26 bits per heavy atom. The third kappa shape index (κ3) is 2.92. The Morgan fingerprint density at radius 2 is 2.00 bits per heavy atom. The average Bonchev–Trinajstić information content (AvgIpc) is 2.72. The third-order valence-corrected chi connectivity index (χ3v) is 3.04. The van der Waals surface area contributed by atoms with Crippen LogP contribution >= 0.6 is 0 Å². The molecular weight excluding hydrogens is 248 g/mol. The molecule has 2 aromatic rings. The van der Waals surface area contributed by atoms with Crippen LogP contribution in [0.25, 0.3) is 0 Å². The molecule has 1 aromatic heterocycles. The summed E-state index contributed by atoms with van der Waals surface area (Å²) >= 11 is 0. The highest BCUT2D eigenvalue weighted by molar-refractivity contribution is 5.47. The number of rotatable bonds is 4. The second-order valence-corrected chi connectivity index (χ2v) is 4.56. The molecule has 0 bridgehead atoms. The Bertz CT molecular complexity index is 591. The molecule has 1 aromatic carbocycles. The molecule has 1 heterocycles.